The topological polar surface area (TPSA) is 81.4 Å². The molecule has 7 heteroatoms. The average molecular weight is 323 g/mol. The maximum absolute atomic E-state index is 12.0. The summed E-state index contributed by atoms with van der Waals surface area (Å²) in [5.74, 6) is 0.376. The van der Waals surface area contributed by atoms with Crippen molar-refractivity contribution in [2.24, 2.45) is 0 Å². The molecule has 0 aliphatic rings. The maximum atomic E-state index is 12.0. The van der Waals surface area contributed by atoms with Crippen LogP contribution in [0, 0.1) is 20.8 Å². The van der Waals surface area contributed by atoms with E-state index in [0.29, 0.717) is 33.5 Å². The maximum Gasteiger partial charge on any atom is 0.342 e. The van der Waals surface area contributed by atoms with Crippen LogP contribution in [0.5, 0.6) is 0 Å². The molecule has 0 saturated carbocycles. The smallest absolute Gasteiger partial charge is 0.342 e. The number of halogens is 1. The Kier molecular flexibility index (Phi) is 4.82. The van der Waals surface area contributed by atoms with Crippen LogP contribution in [-0.2, 0) is 9.53 Å². The Morgan fingerprint density at radius 3 is 2.55 bits per heavy atom. The second kappa shape index (κ2) is 6.62. The molecule has 0 unspecified atom stereocenters. The first kappa shape index (κ1) is 16.0. The molecule has 0 fully saturated rings. The molecular formula is C15H15ClN2O4. The van der Waals surface area contributed by atoms with Crippen molar-refractivity contribution in [2.45, 2.75) is 20.8 Å². The van der Waals surface area contributed by atoms with E-state index in [1.807, 2.05) is 0 Å². The van der Waals surface area contributed by atoms with E-state index in [9.17, 15) is 9.59 Å². The fourth-order valence-corrected chi connectivity index (χ4v) is 2.04. The lowest BCUT2D eigenvalue weighted by Crippen LogP contribution is -2.21. The quantitative estimate of drug-likeness (QED) is 0.875. The third-order valence-electron chi connectivity index (χ3n) is 3.09. The number of aromatic nitrogens is 1. The van der Waals surface area contributed by atoms with Gasteiger partial charge in [0.2, 0.25) is 0 Å². The van der Waals surface area contributed by atoms with Crippen LogP contribution in [0.3, 0.4) is 0 Å². The first-order valence-electron chi connectivity index (χ1n) is 6.53. The molecule has 2 aromatic rings. The second-order valence-electron chi connectivity index (χ2n) is 4.70. The Hall–Kier alpha value is -2.34. The van der Waals surface area contributed by atoms with Crippen LogP contribution in [0.4, 0.5) is 5.82 Å². The normalized spacial score (nSPS) is 10.4. The minimum absolute atomic E-state index is 0.331. The van der Waals surface area contributed by atoms with Crippen molar-refractivity contribution in [3.63, 3.8) is 0 Å². The minimum atomic E-state index is -0.592. The van der Waals surface area contributed by atoms with Gasteiger partial charge in [0.25, 0.3) is 5.91 Å². The summed E-state index contributed by atoms with van der Waals surface area (Å²) in [5, 5.41) is 2.96. The molecule has 6 nitrogen and oxygen atoms in total. The molecule has 0 radical (unpaired) electrons. The largest absolute Gasteiger partial charge is 0.465 e. The van der Waals surface area contributed by atoms with Crippen LogP contribution < -0.4 is 5.32 Å². The predicted molar refractivity (Wildman–Crippen MR) is 81.1 cm³/mol. The zero-order valence-electron chi connectivity index (χ0n) is 12.4. The van der Waals surface area contributed by atoms with E-state index in [4.69, 9.17) is 20.8 Å². The number of nitrogens with one attached hydrogen (secondary N) is 1. The number of nitrogens with zero attached hydrogens (tertiary/aromatic N) is 1. The number of ether oxygens (including phenoxy) is 1. The van der Waals surface area contributed by atoms with Gasteiger partial charge in [-0.1, -0.05) is 11.6 Å². The van der Waals surface area contributed by atoms with Gasteiger partial charge in [0.05, 0.1) is 5.02 Å². The van der Waals surface area contributed by atoms with Gasteiger partial charge in [-0.3, -0.25) is 4.79 Å². The number of amides is 1. The molecule has 0 spiro atoms. The van der Waals surface area contributed by atoms with E-state index in [1.54, 1.807) is 32.9 Å². The number of carbonyl (C=O) groups is 2. The number of carbonyl (C=O) groups excluding carboxylic acids is 2. The predicted octanol–water partition coefficient (Wildman–Crippen LogP) is 3.05. The highest BCUT2D eigenvalue weighted by molar-refractivity contribution is 6.30. The molecule has 1 amide bonds. The second-order valence-corrected chi connectivity index (χ2v) is 5.14. The molecule has 1 N–H and O–H groups in total. The number of esters is 1. The molecule has 116 valence electrons. The van der Waals surface area contributed by atoms with Crippen LogP contribution in [0.15, 0.2) is 22.7 Å². The summed E-state index contributed by atoms with van der Waals surface area (Å²) in [6.07, 6.45) is 1.41. The van der Waals surface area contributed by atoms with Gasteiger partial charge < -0.3 is 14.5 Å². The summed E-state index contributed by atoms with van der Waals surface area (Å²) in [4.78, 5) is 27.6. The highest BCUT2D eigenvalue weighted by atomic mass is 35.5. The SMILES string of the molecule is Cc1oc(C)c(C(=O)OCC(=O)Nc2ccc(Cl)cn2)c1C. The molecule has 0 bridgehead atoms. The van der Waals surface area contributed by atoms with Crippen molar-refractivity contribution in [3.8, 4) is 0 Å². The lowest BCUT2D eigenvalue weighted by Gasteiger charge is -2.06. The Morgan fingerprint density at radius 1 is 1.27 bits per heavy atom. The van der Waals surface area contributed by atoms with Gasteiger partial charge in [-0.25, -0.2) is 9.78 Å². The lowest BCUT2D eigenvalue weighted by molar-refractivity contribution is -0.119. The van der Waals surface area contributed by atoms with Crippen molar-refractivity contribution >= 4 is 29.3 Å². The van der Waals surface area contributed by atoms with E-state index in [1.165, 1.54) is 6.20 Å². The molecule has 2 rings (SSSR count). The zero-order chi connectivity index (χ0) is 16.3. The first-order valence-corrected chi connectivity index (χ1v) is 6.91. The summed E-state index contributed by atoms with van der Waals surface area (Å²) in [6.45, 7) is 4.79. The summed E-state index contributed by atoms with van der Waals surface area (Å²) in [6, 6.07) is 3.15. The number of hydrogen-bond donors (Lipinski definition) is 1. The van der Waals surface area contributed by atoms with Gasteiger partial charge in [-0.15, -0.1) is 0 Å². The number of aryl methyl sites for hydroxylation is 2. The molecule has 2 heterocycles. The Morgan fingerprint density at radius 2 is 2.00 bits per heavy atom. The summed E-state index contributed by atoms with van der Waals surface area (Å²) in [7, 11) is 0. The van der Waals surface area contributed by atoms with Crippen LogP contribution in [0.25, 0.3) is 0 Å². The standard InChI is InChI=1S/C15H15ClN2O4/c1-8-9(2)22-10(3)14(8)15(20)21-7-13(19)18-12-5-4-11(16)6-17-12/h4-6H,7H2,1-3H3,(H,17,18,19). The van der Waals surface area contributed by atoms with Crippen molar-refractivity contribution in [1.82, 2.24) is 4.98 Å². The van der Waals surface area contributed by atoms with E-state index in [2.05, 4.69) is 10.3 Å². The highest BCUT2D eigenvalue weighted by Crippen LogP contribution is 2.21. The average Bonchev–Trinajstić information content (AvgIpc) is 2.72. The first-order chi connectivity index (χ1) is 10.4. The van der Waals surface area contributed by atoms with Crippen molar-refractivity contribution in [3.05, 3.63) is 46.0 Å². The van der Waals surface area contributed by atoms with Gasteiger partial charge in [0.15, 0.2) is 6.61 Å². The van der Waals surface area contributed by atoms with Crippen LogP contribution in [-0.4, -0.2) is 23.5 Å². The molecule has 22 heavy (non-hydrogen) atoms. The van der Waals surface area contributed by atoms with Crippen molar-refractivity contribution in [2.75, 3.05) is 11.9 Å². The van der Waals surface area contributed by atoms with E-state index >= 15 is 0 Å². The number of furan rings is 1. The molecular weight excluding hydrogens is 308 g/mol. The molecule has 0 saturated heterocycles. The minimum Gasteiger partial charge on any atom is -0.465 e. The number of anilines is 1. The van der Waals surface area contributed by atoms with Crippen LogP contribution >= 0.6 is 11.6 Å². The van der Waals surface area contributed by atoms with Crippen LogP contribution in [0.2, 0.25) is 5.02 Å². The van der Waals surface area contributed by atoms with Gasteiger partial charge in [-0.05, 0) is 32.9 Å². The Labute approximate surface area is 132 Å². The van der Waals surface area contributed by atoms with Gasteiger partial charge in [0, 0.05) is 11.8 Å². The third kappa shape index (κ3) is 3.65. The molecule has 0 atom stereocenters. The van der Waals surface area contributed by atoms with E-state index < -0.39 is 18.5 Å². The summed E-state index contributed by atoms with van der Waals surface area (Å²) < 4.78 is 10.4. The third-order valence-corrected chi connectivity index (χ3v) is 3.32. The number of rotatable bonds is 4. The zero-order valence-corrected chi connectivity index (χ0v) is 13.2. The van der Waals surface area contributed by atoms with Crippen molar-refractivity contribution < 1.29 is 18.7 Å². The molecule has 0 aromatic carbocycles. The monoisotopic (exact) mass is 322 g/mol. The van der Waals surface area contributed by atoms with E-state index in [0.717, 1.165) is 0 Å². The Bertz CT molecular complexity index is 707. The van der Waals surface area contributed by atoms with Gasteiger partial charge in [-0.2, -0.15) is 0 Å². The van der Waals surface area contributed by atoms with Crippen LogP contribution in [0.1, 0.15) is 27.4 Å². The lowest BCUT2D eigenvalue weighted by atomic mass is 10.1. The number of hydrogen-bond acceptors (Lipinski definition) is 5. The van der Waals surface area contributed by atoms with Gasteiger partial charge >= 0.3 is 5.97 Å². The summed E-state index contributed by atoms with van der Waals surface area (Å²) in [5.41, 5.74) is 1.07. The summed E-state index contributed by atoms with van der Waals surface area (Å²) >= 11 is 5.70. The van der Waals surface area contributed by atoms with E-state index in [-0.39, 0.29) is 0 Å². The molecule has 0 aliphatic carbocycles. The van der Waals surface area contributed by atoms with Crippen molar-refractivity contribution in [1.29, 1.82) is 0 Å². The fourth-order valence-electron chi connectivity index (χ4n) is 1.93. The van der Waals surface area contributed by atoms with Gasteiger partial charge in [0.1, 0.15) is 22.9 Å². The fraction of sp³-hybridized carbons (Fsp3) is 0.267. The molecule has 2 aromatic heterocycles. The molecule has 0 aliphatic heterocycles. The number of pyridine rings is 1. The Balaban J connectivity index is 1.93. The highest BCUT2D eigenvalue weighted by Gasteiger charge is 2.20.